The number of aryl methyl sites for hydroxylation is 2. The van der Waals surface area contributed by atoms with Crippen molar-refractivity contribution in [1.29, 1.82) is 0 Å². The maximum absolute atomic E-state index is 14.1. The van der Waals surface area contributed by atoms with Gasteiger partial charge in [-0.3, -0.25) is 0 Å². The Hall–Kier alpha value is -7.36. The lowest BCUT2D eigenvalue weighted by atomic mass is 9.65. The first-order valence-corrected chi connectivity index (χ1v) is 23.2. The van der Waals surface area contributed by atoms with Gasteiger partial charge in [-0.2, -0.15) is 21.6 Å². The largest absolute Gasteiger partial charge is 0.534 e. The number of anilines is 5. The van der Waals surface area contributed by atoms with Crippen molar-refractivity contribution in [2.75, 3.05) is 9.80 Å². The van der Waals surface area contributed by atoms with E-state index >= 15 is 0 Å². The fourth-order valence-electron chi connectivity index (χ4n) is 9.29. The van der Waals surface area contributed by atoms with E-state index in [1.165, 1.54) is 33.9 Å². The van der Waals surface area contributed by atoms with Crippen LogP contribution in [0.5, 0.6) is 5.75 Å². The molecule has 0 fully saturated rings. The number of hydrogen-bond acceptors (Lipinski definition) is 5. The molecule has 5 nitrogen and oxygen atoms in total. The molecule has 0 saturated carbocycles. The predicted octanol–water partition coefficient (Wildman–Crippen LogP) is 15.2. The Labute approximate surface area is 384 Å². The molecule has 0 unspecified atom stereocenters. The summed E-state index contributed by atoms with van der Waals surface area (Å²) in [5, 5.41) is 0. The molecule has 330 valence electrons. The summed E-state index contributed by atoms with van der Waals surface area (Å²) in [6.07, 6.45) is 12.2. The molecule has 2 aliphatic rings. The molecule has 0 amide bonds. The first-order valence-electron chi connectivity index (χ1n) is 21.8. The van der Waals surface area contributed by atoms with Crippen molar-refractivity contribution >= 4 is 50.2 Å². The zero-order valence-corrected chi connectivity index (χ0v) is 37.5. The van der Waals surface area contributed by atoms with Crippen molar-refractivity contribution in [1.82, 2.24) is 0 Å². The number of alkyl halides is 3. The van der Waals surface area contributed by atoms with Gasteiger partial charge in [0, 0.05) is 28.4 Å². The summed E-state index contributed by atoms with van der Waals surface area (Å²) in [6.45, 7) is 6.13. The van der Waals surface area contributed by atoms with Crippen molar-refractivity contribution < 1.29 is 25.8 Å². The Morgan fingerprint density at radius 3 is 1.77 bits per heavy atom. The SMILES string of the molecule is C/C=C\C(=C/c1ccccc1)N(c1ccc2c(c1)C1=C(CCC=C1)C2(c1ccc(C)cc1)c1ccc(C)cc1)c1ccc(OS(=O)(=O)C(F)(F)F)c(N(c2ccccc2)c2ccccc2)c1. The van der Waals surface area contributed by atoms with E-state index in [1.807, 2.05) is 91.9 Å². The van der Waals surface area contributed by atoms with Gasteiger partial charge in [-0.05, 0) is 139 Å². The summed E-state index contributed by atoms with van der Waals surface area (Å²) in [5.41, 5.74) is 7.32. The summed E-state index contributed by atoms with van der Waals surface area (Å²) in [4.78, 5) is 3.75. The average Bonchev–Trinajstić information content (AvgIpc) is 3.61. The van der Waals surface area contributed by atoms with Gasteiger partial charge < -0.3 is 14.0 Å². The minimum atomic E-state index is -6.08. The van der Waals surface area contributed by atoms with E-state index in [0.29, 0.717) is 17.1 Å². The monoisotopic (exact) mass is 896 g/mol. The smallest absolute Gasteiger partial charge is 0.374 e. The second-order valence-electron chi connectivity index (χ2n) is 16.5. The number of nitrogens with zero attached hydrogens (tertiary/aromatic N) is 2. The van der Waals surface area contributed by atoms with Crippen LogP contribution in [0.3, 0.4) is 0 Å². The van der Waals surface area contributed by atoms with Crippen LogP contribution in [0, 0.1) is 13.8 Å². The highest BCUT2D eigenvalue weighted by atomic mass is 32.2. The topological polar surface area (TPSA) is 49.9 Å². The molecule has 2 aliphatic carbocycles. The van der Waals surface area contributed by atoms with Gasteiger partial charge in [0.25, 0.3) is 0 Å². The molecule has 0 saturated heterocycles. The molecule has 7 aromatic rings. The van der Waals surface area contributed by atoms with Gasteiger partial charge in [-0.15, -0.1) is 0 Å². The molecular weight excluding hydrogens is 850 g/mol. The molecule has 0 bridgehead atoms. The minimum absolute atomic E-state index is 0.0707. The average molecular weight is 897 g/mol. The highest BCUT2D eigenvalue weighted by molar-refractivity contribution is 7.88. The Bertz CT molecular complexity index is 3040. The fraction of sp³-hybridized carbons (Fsp3) is 0.123. The Balaban J connectivity index is 1.32. The van der Waals surface area contributed by atoms with E-state index in [-0.39, 0.29) is 5.69 Å². The molecule has 0 N–H and O–H groups in total. The highest BCUT2D eigenvalue weighted by Gasteiger charge is 2.50. The summed E-state index contributed by atoms with van der Waals surface area (Å²) < 4.78 is 73.0. The van der Waals surface area contributed by atoms with Crippen LogP contribution in [0.1, 0.15) is 58.7 Å². The Kier molecular flexibility index (Phi) is 11.9. The van der Waals surface area contributed by atoms with Crippen molar-refractivity contribution in [2.45, 2.75) is 44.5 Å². The number of para-hydroxylation sites is 2. The standard InChI is InChI=1S/C57H47F3N2O3S/c1-4-16-47(37-42-17-8-5-9-18-42)61(49-34-36-55(65-66(63,64)57(58,59)60)54(39-49)62(45-19-10-6-11-20-45)46-21-12-7-13-22-46)48-33-35-53-51(38-48)50-23-14-15-24-52(50)56(53,43-29-25-40(2)26-30-43)44-31-27-41(3)28-32-44/h4-14,16-23,25-39H,15,24H2,1-3H3/b16-4-,47-37+. The maximum Gasteiger partial charge on any atom is 0.534 e. The van der Waals surface area contributed by atoms with Gasteiger partial charge >= 0.3 is 15.6 Å². The van der Waals surface area contributed by atoms with Gasteiger partial charge in [-0.25, -0.2) is 0 Å². The van der Waals surface area contributed by atoms with Crippen molar-refractivity contribution in [3.63, 3.8) is 0 Å². The van der Waals surface area contributed by atoms with E-state index in [9.17, 15) is 21.6 Å². The number of fused-ring (bicyclic) bond motifs is 2. The molecule has 9 rings (SSSR count). The van der Waals surface area contributed by atoms with Crippen LogP contribution in [0.4, 0.5) is 41.6 Å². The molecule has 0 spiro atoms. The lowest BCUT2D eigenvalue weighted by Gasteiger charge is -2.37. The Morgan fingerprint density at radius 1 is 0.667 bits per heavy atom. The lowest BCUT2D eigenvalue weighted by molar-refractivity contribution is -0.0499. The number of halogens is 3. The number of hydrogen-bond donors (Lipinski definition) is 0. The molecule has 0 radical (unpaired) electrons. The van der Waals surface area contributed by atoms with Crippen LogP contribution < -0.4 is 14.0 Å². The van der Waals surface area contributed by atoms with Crippen LogP contribution >= 0.6 is 0 Å². The summed E-state index contributed by atoms with van der Waals surface area (Å²) in [6, 6.07) is 56.8. The Morgan fingerprint density at radius 2 is 1.21 bits per heavy atom. The molecule has 0 atom stereocenters. The molecule has 66 heavy (non-hydrogen) atoms. The second-order valence-corrected chi connectivity index (χ2v) is 18.0. The highest BCUT2D eigenvalue weighted by Crippen LogP contribution is 2.58. The number of allylic oxidation sites excluding steroid dienone is 6. The van der Waals surface area contributed by atoms with Gasteiger partial charge in [0.05, 0.1) is 11.1 Å². The molecular formula is C57H47F3N2O3S. The molecule has 0 heterocycles. The van der Waals surface area contributed by atoms with Gasteiger partial charge in [-0.1, -0.05) is 151 Å². The predicted molar refractivity (Wildman–Crippen MR) is 262 cm³/mol. The van der Waals surface area contributed by atoms with Crippen LogP contribution in [0.25, 0.3) is 11.6 Å². The third-order valence-corrected chi connectivity index (χ3v) is 13.2. The number of rotatable bonds is 12. The van der Waals surface area contributed by atoms with Gasteiger partial charge in [0.2, 0.25) is 0 Å². The summed E-state index contributed by atoms with van der Waals surface area (Å²) in [5.74, 6) is -0.500. The van der Waals surface area contributed by atoms with E-state index in [0.717, 1.165) is 46.5 Å². The van der Waals surface area contributed by atoms with Crippen LogP contribution in [0.15, 0.2) is 211 Å². The summed E-state index contributed by atoms with van der Waals surface area (Å²) in [7, 11) is -6.08. The van der Waals surface area contributed by atoms with Crippen LogP contribution in [0.2, 0.25) is 0 Å². The fourth-order valence-corrected chi connectivity index (χ4v) is 9.76. The minimum Gasteiger partial charge on any atom is -0.374 e. The van der Waals surface area contributed by atoms with E-state index in [4.69, 9.17) is 4.18 Å². The van der Waals surface area contributed by atoms with Crippen LogP contribution in [-0.2, 0) is 15.5 Å². The summed E-state index contributed by atoms with van der Waals surface area (Å²) >= 11 is 0. The van der Waals surface area contributed by atoms with Crippen molar-refractivity contribution in [3.8, 4) is 5.75 Å². The zero-order chi connectivity index (χ0) is 46.1. The number of benzene rings is 7. The van der Waals surface area contributed by atoms with E-state index in [1.54, 1.807) is 41.3 Å². The molecule has 0 aliphatic heterocycles. The molecule has 7 aromatic carbocycles. The normalized spacial score (nSPS) is 14.5. The molecule has 0 aromatic heterocycles. The van der Waals surface area contributed by atoms with E-state index in [2.05, 4.69) is 97.6 Å². The third-order valence-electron chi connectivity index (χ3n) is 12.2. The van der Waals surface area contributed by atoms with Crippen molar-refractivity contribution in [3.05, 3.63) is 250 Å². The van der Waals surface area contributed by atoms with Gasteiger partial charge in [0.1, 0.15) is 0 Å². The van der Waals surface area contributed by atoms with Crippen LogP contribution in [-0.4, -0.2) is 13.9 Å². The maximum atomic E-state index is 14.1. The van der Waals surface area contributed by atoms with E-state index < -0.39 is 26.8 Å². The lowest BCUT2D eigenvalue weighted by Crippen LogP contribution is -2.30. The first kappa shape index (κ1) is 43.9. The van der Waals surface area contributed by atoms with Crippen molar-refractivity contribution in [2.24, 2.45) is 0 Å². The van der Waals surface area contributed by atoms with Gasteiger partial charge in [0.15, 0.2) is 5.75 Å². The molecule has 9 heteroatoms. The third kappa shape index (κ3) is 8.15. The quantitative estimate of drug-likeness (QED) is 0.0695. The second kappa shape index (κ2) is 17.9. The first-order chi connectivity index (χ1) is 31.9. The zero-order valence-electron chi connectivity index (χ0n) is 36.7.